The number of ether oxygens (including phenoxy) is 2. The summed E-state index contributed by atoms with van der Waals surface area (Å²) in [4.78, 5) is 20.5. The quantitative estimate of drug-likeness (QED) is 0.642. The predicted molar refractivity (Wildman–Crippen MR) is 85.1 cm³/mol. The monoisotopic (exact) mass is 314 g/mol. The van der Waals surface area contributed by atoms with Crippen LogP contribution >= 0.6 is 11.3 Å². The number of benzene rings is 1. The fourth-order valence-electron chi connectivity index (χ4n) is 2.04. The topological polar surface area (TPSA) is 60.8 Å². The summed E-state index contributed by atoms with van der Waals surface area (Å²) >= 11 is 1.52. The number of hydrogen-bond acceptors (Lipinski definition) is 6. The lowest BCUT2D eigenvalue weighted by Gasteiger charge is -2.08. The first-order chi connectivity index (χ1) is 10.7. The standard InChI is InChI=1S/C16H14N2O3S/c1-3-20-14-7-5-4-6-12(14)15-18-13(16(19)21-15)8-11-9-22-10(2)17-11/h4-9H,3H2,1-2H3/b13-8-. The average molecular weight is 314 g/mol. The number of rotatable bonds is 4. The number of hydrogen-bond donors (Lipinski definition) is 0. The summed E-state index contributed by atoms with van der Waals surface area (Å²) in [5.41, 5.74) is 1.61. The molecule has 6 heteroatoms. The fraction of sp³-hybridized carbons (Fsp3) is 0.188. The molecule has 0 unspecified atom stereocenters. The molecule has 1 aromatic heterocycles. The molecule has 0 saturated carbocycles. The van der Waals surface area contributed by atoms with Gasteiger partial charge in [-0.05, 0) is 32.1 Å². The third kappa shape index (κ3) is 2.92. The van der Waals surface area contributed by atoms with Crippen LogP contribution < -0.4 is 4.74 Å². The van der Waals surface area contributed by atoms with Crippen LogP contribution in [0.5, 0.6) is 5.75 Å². The normalized spacial score (nSPS) is 15.8. The summed E-state index contributed by atoms with van der Waals surface area (Å²) < 4.78 is 10.8. The van der Waals surface area contributed by atoms with Crippen LogP contribution in [0.15, 0.2) is 40.3 Å². The van der Waals surface area contributed by atoms with E-state index >= 15 is 0 Å². The number of aryl methyl sites for hydroxylation is 1. The number of carbonyl (C=O) groups is 1. The van der Waals surface area contributed by atoms with Crippen LogP contribution in [0.25, 0.3) is 6.08 Å². The van der Waals surface area contributed by atoms with Gasteiger partial charge < -0.3 is 9.47 Å². The van der Waals surface area contributed by atoms with E-state index in [-0.39, 0.29) is 11.6 Å². The van der Waals surface area contributed by atoms with Gasteiger partial charge in [-0.25, -0.2) is 14.8 Å². The molecule has 0 fully saturated rings. The Kier molecular flexibility index (Phi) is 4.02. The van der Waals surface area contributed by atoms with E-state index in [2.05, 4.69) is 9.98 Å². The largest absolute Gasteiger partial charge is 0.493 e. The predicted octanol–water partition coefficient (Wildman–Crippen LogP) is 3.19. The Bertz CT molecular complexity index is 777. The van der Waals surface area contributed by atoms with Crippen LogP contribution in [-0.2, 0) is 9.53 Å². The minimum absolute atomic E-state index is 0.242. The van der Waals surface area contributed by atoms with Crippen molar-refractivity contribution in [2.45, 2.75) is 13.8 Å². The van der Waals surface area contributed by atoms with Gasteiger partial charge in [0.2, 0.25) is 5.90 Å². The maximum atomic E-state index is 12.0. The summed E-state index contributed by atoms with van der Waals surface area (Å²) in [6, 6.07) is 7.34. The van der Waals surface area contributed by atoms with E-state index in [9.17, 15) is 4.79 Å². The molecule has 0 radical (unpaired) electrons. The zero-order valence-electron chi connectivity index (χ0n) is 12.2. The molecule has 1 aromatic carbocycles. The molecular formula is C16H14N2O3S. The van der Waals surface area contributed by atoms with Crippen molar-refractivity contribution in [2.75, 3.05) is 6.61 Å². The average Bonchev–Trinajstić information content (AvgIpc) is 3.07. The van der Waals surface area contributed by atoms with Gasteiger partial charge in [0, 0.05) is 5.38 Å². The zero-order chi connectivity index (χ0) is 15.5. The maximum absolute atomic E-state index is 12.0. The number of aliphatic imine (C=N–C) groups is 1. The van der Waals surface area contributed by atoms with Crippen molar-refractivity contribution in [3.8, 4) is 5.75 Å². The molecule has 0 spiro atoms. The fourth-order valence-corrected chi connectivity index (χ4v) is 2.61. The van der Waals surface area contributed by atoms with E-state index in [0.29, 0.717) is 23.6 Å². The first kappa shape index (κ1) is 14.5. The van der Waals surface area contributed by atoms with E-state index in [0.717, 1.165) is 5.01 Å². The summed E-state index contributed by atoms with van der Waals surface area (Å²) in [6.07, 6.45) is 1.63. The number of esters is 1. The molecule has 0 amide bonds. The third-order valence-corrected chi connectivity index (χ3v) is 3.75. The van der Waals surface area contributed by atoms with Gasteiger partial charge >= 0.3 is 5.97 Å². The summed E-state index contributed by atoms with van der Waals surface area (Å²) in [6.45, 7) is 4.33. The van der Waals surface area contributed by atoms with Crippen LogP contribution in [-0.4, -0.2) is 23.5 Å². The van der Waals surface area contributed by atoms with Gasteiger partial charge in [-0.3, -0.25) is 0 Å². The molecule has 0 aliphatic carbocycles. The highest BCUT2D eigenvalue weighted by molar-refractivity contribution is 7.09. The molecular weight excluding hydrogens is 300 g/mol. The SMILES string of the molecule is CCOc1ccccc1C1=N/C(=C\c2csc(C)n2)C(=O)O1. The van der Waals surface area contributed by atoms with Crippen LogP contribution in [0.3, 0.4) is 0 Å². The van der Waals surface area contributed by atoms with Gasteiger partial charge in [0.1, 0.15) is 5.75 Å². The Morgan fingerprint density at radius 2 is 2.18 bits per heavy atom. The van der Waals surface area contributed by atoms with Gasteiger partial charge in [-0.15, -0.1) is 11.3 Å². The molecule has 0 bridgehead atoms. The number of cyclic esters (lactones) is 1. The smallest absolute Gasteiger partial charge is 0.363 e. The van der Waals surface area contributed by atoms with E-state index < -0.39 is 5.97 Å². The van der Waals surface area contributed by atoms with E-state index in [1.165, 1.54) is 11.3 Å². The number of aromatic nitrogens is 1. The van der Waals surface area contributed by atoms with Crippen LogP contribution in [0.1, 0.15) is 23.2 Å². The van der Waals surface area contributed by atoms with Gasteiger partial charge in [0.05, 0.1) is 22.9 Å². The molecule has 0 N–H and O–H groups in total. The van der Waals surface area contributed by atoms with Gasteiger partial charge in [0.25, 0.3) is 0 Å². The Morgan fingerprint density at radius 3 is 2.91 bits per heavy atom. The number of carbonyl (C=O) groups excluding carboxylic acids is 1. The molecule has 2 heterocycles. The lowest BCUT2D eigenvalue weighted by atomic mass is 10.2. The summed E-state index contributed by atoms with van der Waals surface area (Å²) in [7, 11) is 0. The number of para-hydroxylation sites is 1. The zero-order valence-corrected chi connectivity index (χ0v) is 13.0. The second-order valence-electron chi connectivity index (χ2n) is 4.56. The first-order valence-corrected chi connectivity index (χ1v) is 7.72. The highest BCUT2D eigenvalue weighted by atomic mass is 32.1. The maximum Gasteiger partial charge on any atom is 0.363 e. The number of nitrogens with zero attached hydrogens (tertiary/aromatic N) is 2. The number of thiazole rings is 1. The van der Waals surface area contributed by atoms with Crippen molar-refractivity contribution in [2.24, 2.45) is 4.99 Å². The van der Waals surface area contributed by atoms with E-state index in [4.69, 9.17) is 9.47 Å². The molecule has 5 nitrogen and oxygen atoms in total. The first-order valence-electron chi connectivity index (χ1n) is 6.84. The van der Waals surface area contributed by atoms with Crippen molar-refractivity contribution < 1.29 is 14.3 Å². The van der Waals surface area contributed by atoms with E-state index in [1.54, 1.807) is 6.08 Å². The van der Waals surface area contributed by atoms with Crippen LogP contribution in [0, 0.1) is 6.92 Å². The van der Waals surface area contributed by atoms with Crippen molar-refractivity contribution in [1.82, 2.24) is 4.98 Å². The summed E-state index contributed by atoms with van der Waals surface area (Å²) in [5, 5.41) is 2.81. The minimum atomic E-state index is -0.480. The van der Waals surface area contributed by atoms with Crippen LogP contribution in [0.2, 0.25) is 0 Å². The van der Waals surface area contributed by atoms with Crippen molar-refractivity contribution in [3.05, 3.63) is 51.6 Å². The van der Waals surface area contributed by atoms with Crippen LogP contribution in [0.4, 0.5) is 0 Å². The molecule has 0 saturated heterocycles. The molecule has 1 aliphatic rings. The molecule has 3 rings (SSSR count). The Hall–Kier alpha value is -2.47. The lowest BCUT2D eigenvalue weighted by Crippen LogP contribution is -2.07. The Labute approximate surface area is 131 Å². The molecule has 1 aliphatic heterocycles. The van der Waals surface area contributed by atoms with Gasteiger partial charge in [-0.2, -0.15) is 0 Å². The van der Waals surface area contributed by atoms with Gasteiger partial charge in [0.15, 0.2) is 5.70 Å². The van der Waals surface area contributed by atoms with Crippen molar-refractivity contribution >= 4 is 29.3 Å². The highest BCUT2D eigenvalue weighted by Gasteiger charge is 2.26. The second-order valence-corrected chi connectivity index (χ2v) is 5.62. The Morgan fingerprint density at radius 1 is 1.36 bits per heavy atom. The van der Waals surface area contributed by atoms with Gasteiger partial charge in [-0.1, -0.05) is 12.1 Å². The van der Waals surface area contributed by atoms with Crippen molar-refractivity contribution in [3.63, 3.8) is 0 Å². The third-order valence-electron chi connectivity index (χ3n) is 2.96. The second kappa shape index (κ2) is 6.11. The molecule has 2 aromatic rings. The molecule has 22 heavy (non-hydrogen) atoms. The van der Waals surface area contributed by atoms with E-state index in [1.807, 2.05) is 43.5 Å². The molecule has 112 valence electrons. The Balaban J connectivity index is 1.95. The minimum Gasteiger partial charge on any atom is -0.493 e. The highest BCUT2D eigenvalue weighted by Crippen LogP contribution is 2.25. The van der Waals surface area contributed by atoms with Crippen molar-refractivity contribution in [1.29, 1.82) is 0 Å². The lowest BCUT2D eigenvalue weighted by molar-refractivity contribution is -0.129. The molecule has 0 atom stereocenters. The summed E-state index contributed by atoms with van der Waals surface area (Å²) in [5.74, 6) is 0.418.